The molecule has 2 nitrogen and oxygen atoms in total. The topological polar surface area (TPSA) is 26.0 Å². The molecule has 0 saturated carbocycles. The first-order valence-electron chi connectivity index (χ1n) is 3.79. The molecule has 1 aromatic rings. The van der Waals surface area contributed by atoms with Crippen LogP contribution >= 0.6 is 11.6 Å². The number of halogens is 1. The molecule has 0 aromatic carbocycles. The fraction of sp³-hybridized carbons (Fsp3) is 0.625. The molecule has 0 unspecified atom stereocenters. The number of alkyl halides is 1. The van der Waals surface area contributed by atoms with Gasteiger partial charge in [-0.25, -0.2) is 4.98 Å². The van der Waals surface area contributed by atoms with Crippen molar-refractivity contribution >= 4 is 11.6 Å². The third-order valence-electron chi connectivity index (χ3n) is 1.52. The summed E-state index contributed by atoms with van der Waals surface area (Å²) in [6, 6.07) is 0. The van der Waals surface area contributed by atoms with Crippen LogP contribution in [-0.4, -0.2) is 4.98 Å². The van der Waals surface area contributed by atoms with Crippen molar-refractivity contribution in [3.8, 4) is 0 Å². The second kappa shape index (κ2) is 3.77. The van der Waals surface area contributed by atoms with Crippen molar-refractivity contribution in [3.63, 3.8) is 0 Å². The number of nitrogens with zero attached hydrogens (tertiary/aromatic N) is 1. The lowest BCUT2D eigenvalue weighted by molar-refractivity contribution is 0.464. The molecule has 0 bridgehead atoms. The van der Waals surface area contributed by atoms with Crippen molar-refractivity contribution in [1.82, 2.24) is 4.98 Å². The third-order valence-corrected chi connectivity index (χ3v) is 1.76. The maximum Gasteiger partial charge on any atom is 0.194 e. The van der Waals surface area contributed by atoms with Crippen LogP contribution in [0.3, 0.4) is 0 Å². The molecule has 0 radical (unpaired) electrons. The minimum absolute atomic E-state index is 0.419. The summed E-state index contributed by atoms with van der Waals surface area (Å²) in [6.07, 6.45) is 1.96. The van der Waals surface area contributed by atoms with E-state index in [1.165, 1.54) is 0 Å². The van der Waals surface area contributed by atoms with E-state index in [9.17, 15) is 0 Å². The maximum atomic E-state index is 5.61. The molecule has 0 spiro atoms. The molecule has 1 rings (SSSR count). The Morgan fingerprint density at radius 2 is 2.27 bits per heavy atom. The van der Waals surface area contributed by atoms with Gasteiger partial charge in [0.25, 0.3) is 0 Å². The second-order valence-corrected chi connectivity index (χ2v) is 2.77. The molecular formula is C8H12ClNO. The van der Waals surface area contributed by atoms with Gasteiger partial charge in [0.15, 0.2) is 5.89 Å². The van der Waals surface area contributed by atoms with E-state index in [1.807, 2.05) is 6.92 Å². The van der Waals surface area contributed by atoms with Gasteiger partial charge in [0.1, 0.15) is 5.76 Å². The van der Waals surface area contributed by atoms with Crippen molar-refractivity contribution in [2.24, 2.45) is 0 Å². The zero-order chi connectivity index (χ0) is 8.27. The van der Waals surface area contributed by atoms with Crippen LogP contribution in [0.5, 0.6) is 0 Å². The SMILES string of the molecule is CCCc1nc(C)c(CCl)o1. The molecule has 0 amide bonds. The lowest BCUT2D eigenvalue weighted by Gasteiger charge is -1.87. The summed E-state index contributed by atoms with van der Waals surface area (Å²) in [4.78, 5) is 4.22. The Labute approximate surface area is 71.6 Å². The van der Waals surface area contributed by atoms with Crippen molar-refractivity contribution < 1.29 is 4.42 Å². The predicted octanol–water partition coefficient (Wildman–Crippen LogP) is 2.67. The molecular weight excluding hydrogens is 162 g/mol. The van der Waals surface area contributed by atoms with Crippen LogP contribution in [0, 0.1) is 6.92 Å². The van der Waals surface area contributed by atoms with Gasteiger partial charge in [0, 0.05) is 6.42 Å². The Morgan fingerprint density at radius 3 is 2.73 bits per heavy atom. The van der Waals surface area contributed by atoms with Gasteiger partial charge in [-0.3, -0.25) is 0 Å². The van der Waals surface area contributed by atoms with E-state index in [0.717, 1.165) is 30.2 Å². The average Bonchev–Trinajstić information content (AvgIpc) is 2.32. The Balaban J connectivity index is 2.77. The summed E-state index contributed by atoms with van der Waals surface area (Å²) in [5, 5.41) is 0. The summed E-state index contributed by atoms with van der Waals surface area (Å²) < 4.78 is 5.36. The number of hydrogen-bond acceptors (Lipinski definition) is 2. The molecule has 0 N–H and O–H groups in total. The van der Waals surface area contributed by atoms with Gasteiger partial charge in [-0.15, -0.1) is 11.6 Å². The Kier molecular flexibility index (Phi) is 2.94. The van der Waals surface area contributed by atoms with E-state index >= 15 is 0 Å². The van der Waals surface area contributed by atoms with Crippen LogP contribution < -0.4 is 0 Å². The van der Waals surface area contributed by atoms with E-state index in [1.54, 1.807) is 0 Å². The van der Waals surface area contributed by atoms with Crippen molar-refractivity contribution in [1.29, 1.82) is 0 Å². The maximum absolute atomic E-state index is 5.61. The van der Waals surface area contributed by atoms with Gasteiger partial charge in [0.2, 0.25) is 0 Å². The number of aromatic nitrogens is 1. The second-order valence-electron chi connectivity index (χ2n) is 2.50. The predicted molar refractivity (Wildman–Crippen MR) is 44.8 cm³/mol. The minimum atomic E-state index is 0.419. The van der Waals surface area contributed by atoms with E-state index < -0.39 is 0 Å². The van der Waals surface area contributed by atoms with E-state index in [-0.39, 0.29) is 0 Å². The summed E-state index contributed by atoms with van der Waals surface area (Å²) >= 11 is 5.61. The lowest BCUT2D eigenvalue weighted by atomic mass is 10.3. The Morgan fingerprint density at radius 1 is 1.55 bits per heavy atom. The molecule has 11 heavy (non-hydrogen) atoms. The van der Waals surface area contributed by atoms with Crippen LogP contribution in [0.4, 0.5) is 0 Å². The largest absolute Gasteiger partial charge is 0.444 e. The summed E-state index contributed by atoms with van der Waals surface area (Å²) in [5.74, 6) is 2.03. The van der Waals surface area contributed by atoms with E-state index in [4.69, 9.17) is 16.0 Å². The number of aryl methyl sites for hydroxylation is 2. The Hall–Kier alpha value is -0.500. The third kappa shape index (κ3) is 1.96. The highest BCUT2D eigenvalue weighted by atomic mass is 35.5. The fourth-order valence-corrected chi connectivity index (χ4v) is 1.18. The number of rotatable bonds is 3. The zero-order valence-electron chi connectivity index (χ0n) is 6.85. The van der Waals surface area contributed by atoms with Gasteiger partial charge in [-0.1, -0.05) is 6.92 Å². The van der Waals surface area contributed by atoms with Crippen LogP contribution in [-0.2, 0) is 12.3 Å². The van der Waals surface area contributed by atoms with Gasteiger partial charge in [-0.05, 0) is 13.3 Å². The first kappa shape index (κ1) is 8.60. The molecule has 1 aromatic heterocycles. The fourth-order valence-electron chi connectivity index (χ4n) is 0.933. The van der Waals surface area contributed by atoms with Gasteiger partial charge >= 0.3 is 0 Å². The molecule has 0 saturated heterocycles. The van der Waals surface area contributed by atoms with Gasteiger partial charge < -0.3 is 4.42 Å². The van der Waals surface area contributed by atoms with Gasteiger partial charge in [-0.2, -0.15) is 0 Å². The number of hydrogen-bond donors (Lipinski definition) is 0. The monoisotopic (exact) mass is 173 g/mol. The highest BCUT2D eigenvalue weighted by Gasteiger charge is 2.06. The molecule has 0 aliphatic rings. The van der Waals surface area contributed by atoms with Gasteiger partial charge in [0.05, 0.1) is 11.6 Å². The van der Waals surface area contributed by atoms with Crippen molar-refractivity contribution in [2.75, 3.05) is 0 Å². The van der Waals surface area contributed by atoms with Crippen LogP contribution in [0.25, 0.3) is 0 Å². The average molecular weight is 174 g/mol. The molecule has 0 fully saturated rings. The highest BCUT2D eigenvalue weighted by molar-refractivity contribution is 6.16. The highest BCUT2D eigenvalue weighted by Crippen LogP contribution is 2.13. The number of oxazole rings is 1. The molecule has 3 heteroatoms. The first-order chi connectivity index (χ1) is 5.27. The normalized spacial score (nSPS) is 10.5. The quantitative estimate of drug-likeness (QED) is 0.657. The molecule has 0 atom stereocenters. The standard InChI is InChI=1S/C8H12ClNO/c1-3-4-8-10-6(2)7(5-9)11-8/h3-5H2,1-2H3. The molecule has 62 valence electrons. The van der Waals surface area contributed by atoms with E-state index in [0.29, 0.717) is 5.88 Å². The zero-order valence-corrected chi connectivity index (χ0v) is 7.61. The first-order valence-corrected chi connectivity index (χ1v) is 4.32. The summed E-state index contributed by atoms with van der Waals surface area (Å²) in [5.41, 5.74) is 0.920. The molecule has 0 aliphatic carbocycles. The minimum Gasteiger partial charge on any atom is -0.444 e. The smallest absolute Gasteiger partial charge is 0.194 e. The molecule has 1 heterocycles. The van der Waals surface area contributed by atoms with Crippen molar-refractivity contribution in [2.45, 2.75) is 32.6 Å². The Bertz CT molecular complexity index is 232. The van der Waals surface area contributed by atoms with E-state index in [2.05, 4.69) is 11.9 Å². The lowest BCUT2D eigenvalue weighted by Crippen LogP contribution is -1.81. The van der Waals surface area contributed by atoms with Crippen molar-refractivity contribution in [3.05, 3.63) is 17.3 Å². The van der Waals surface area contributed by atoms with Crippen LogP contribution in [0.1, 0.15) is 30.7 Å². The summed E-state index contributed by atoms with van der Waals surface area (Å²) in [7, 11) is 0. The van der Waals surface area contributed by atoms with Crippen LogP contribution in [0.15, 0.2) is 4.42 Å². The summed E-state index contributed by atoms with van der Waals surface area (Å²) in [6.45, 7) is 4.01. The van der Waals surface area contributed by atoms with Crippen LogP contribution in [0.2, 0.25) is 0 Å². The molecule has 0 aliphatic heterocycles.